The minimum Gasteiger partial charge on any atom is -0.326 e. The fraction of sp³-hybridized carbons (Fsp3) is 0.667. The maximum Gasteiger partial charge on any atom is 0.0641 e. The Morgan fingerprint density at radius 1 is 1.38 bits per heavy atom. The van der Waals surface area contributed by atoms with E-state index in [2.05, 4.69) is 25.9 Å². The molecular weight excluding hydrogens is 186 g/mol. The predicted octanol–water partition coefficient (Wildman–Crippen LogP) is 1.96. The minimum absolute atomic E-state index is 0. The minimum atomic E-state index is 0. The fourth-order valence-electron chi connectivity index (χ4n) is 1.50. The lowest BCUT2D eigenvalue weighted by Gasteiger charge is -2.07. The number of rotatable bonds is 2. The van der Waals surface area contributed by atoms with Crippen LogP contribution in [0, 0.1) is 13.8 Å². The first-order chi connectivity index (χ1) is 5.57. The van der Waals surface area contributed by atoms with Gasteiger partial charge in [-0.3, -0.25) is 4.68 Å². The van der Waals surface area contributed by atoms with Gasteiger partial charge in [-0.05, 0) is 27.7 Å². The average molecular weight is 204 g/mol. The van der Waals surface area contributed by atoms with Crippen molar-refractivity contribution in [2.75, 3.05) is 0 Å². The number of nitrogens with zero attached hydrogens (tertiary/aromatic N) is 2. The Morgan fingerprint density at radius 3 is 2.15 bits per heavy atom. The molecule has 0 bridgehead atoms. The first kappa shape index (κ1) is 12.5. The predicted molar refractivity (Wildman–Crippen MR) is 57.2 cm³/mol. The number of nitrogens with two attached hydrogens (primary N) is 1. The van der Waals surface area contributed by atoms with Gasteiger partial charge in [-0.25, -0.2) is 0 Å². The molecule has 0 unspecified atom stereocenters. The van der Waals surface area contributed by atoms with E-state index in [4.69, 9.17) is 5.73 Å². The van der Waals surface area contributed by atoms with Crippen molar-refractivity contribution in [1.82, 2.24) is 9.78 Å². The zero-order valence-electron chi connectivity index (χ0n) is 8.66. The number of hydrogen-bond donors (Lipinski definition) is 1. The van der Waals surface area contributed by atoms with Crippen molar-refractivity contribution in [2.45, 2.75) is 40.3 Å². The molecule has 0 saturated carbocycles. The van der Waals surface area contributed by atoms with E-state index >= 15 is 0 Å². The van der Waals surface area contributed by atoms with Crippen molar-refractivity contribution in [3.63, 3.8) is 0 Å². The van der Waals surface area contributed by atoms with Crippen molar-refractivity contribution in [1.29, 1.82) is 0 Å². The Labute approximate surface area is 85.7 Å². The van der Waals surface area contributed by atoms with E-state index in [9.17, 15) is 0 Å². The summed E-state index contributed by atoms with van der Waals surface area (Å²) in [6, 6.07) is 0.420. The van der Waals surface area contributed by atoms with E-state index < -0.39 is 0 Å². The highest BCUT2D eigenvalue weighted by atomic mass is 35.5. The van der Waals surface area contributed by atoms with Crippen molar-refractivity contribution >= 4 is 12.4 Å². The average Bonchev–Trinajstić information content (AvgIpc) is 2.27. The van der Waals surface area contributed by atoms with Crippen molar-refractivity contribution in [2.24, 2.45) is 5.73 Å². The molecule has 0 aliphatic carbocycles. The molecule has 0 amide bonds. The molecule has 0 aromatic carbocycles. The second-order valence-electron chi connectivity index (χ2n) is 3.39. The second-order valence-corrected chi connectivity index (χ2v) is 3.39. The summed E-state index contributed by atoms with van der Waals surface area (Å²) < 4.78 is 2.03. The van der Waals surface area contributed by atoms with Crippen LogP contribution in [0.15, 0.2) is 0 Å². The van der Waals surface area contributed by atoms with Crippen LogP contribution in [-0.2, 0) is 6.54 Å². The van der Waals surface area contributed by atoms with Crippen LogP contribution >= 0.6 is 12.4 Å². The lowest BCUT2D eigenvalue weighted by Crippen LogP contribution is -2.06. The molecule has 0 spiro atoms. The van der Waals surface area contributed by atoms with Crippen molar-refractivity contribution < 1.29 is 0 Å². The van der Waals surface area contributed by atoms with Crippen LogP contribution in [-0.4, -0.2) is 9.78 Å². The number of aromatic nitrogens is 2. The fourth-order valence-corrected chi connectivity index (χ4v) is 1.50. The van der Waals surface area contributed by atoms with Gasteiger partial charge in [-0.1, -0.05) is 0 Å². The summed E-state index contributed by atoms with van der Waals surface area (Å²) in [6.07, 6.45) is 0. The van der Waals surface area contributed by atoms with Crippen LogP contribution in [0.2, 0.25) is 0 Å². The normalized spacial score (nSPS) is 10.3. The second kappa shape index (κ2) is 4.63. The Kier molecular flexibility index (Phi) is 4.44. The van der Waals surface area contributed by atoms with Gasteiger partial charge in [0.25, 0.3) is 0 Å². The highest BCUT2D eigenvalue weighted by Gasteiger charge is 2.10. The highest BCUT2D eigenvalue weighted by Crippen LogP contribution is 2.15. The molecule has 2 N–H and O–H groups in total. The molecule has 0 radical (unpaired) electrons. The van der Waals surface area contributed by atoms with Gasteiger partial charge in [0.1, 0.15) is 0 Å². The summed E-state index contributed by atoms with van der Waals surface area (Å²) in [5.41, 5.74) is 9.05. The number of halogens is 1. The molecule has 0 aliphatic rings. The monoisotopic (exact) mass is 203 g/mol. The molecule has 1 rings (SSSR count). The maximum absolute atomic E-state index is 5.61. The summed E-state index contributed by atoms with van der Waals surface area (Å²) in [5.74, 6) is 0. The van der Waals surface area contributed by atoms with Crippen LogP contribution in [0.3, 0.4) is 0 Å². The van der Waals surface area contributed by atoms with Gasteiger partial charge in [-0.15, -0.1) is 12.4 Å². The molecule has 0 aliphatic heterocycles. The lowest BCUT2D eigenvalue weighted by atomic mass is 10.2. The first-order valence-corrected chi connectivity index (χ1v) is 4.32. The molecule has 3 nitrogen and oxygen atoms in total. The quantitative estimate of drug-likeness (QED) is 0.799. The molecule has 13 heavy (non-hydrogen) atoms. The third-order valence-corrected chi connectivity index (χ3v) is 2.17. The highest BCUT2D eigenvalue weighted by molar-refractivity contribution is 5.85. The van der Waals surface area contributed by atoms with E-state index in [1.54, 1.807) is 0 Å². The van der Waals surface area contributed by atoms with Crippen LogP contribution in [0.1, 0.15) is 36.8 Å². The Hall–Kier alpha value is -0.540. The Morgan fingerprint density at radius 2 is 1.92 bits per heavy atom. The van der Waals surface area contributed by atoms with Gasteiger partial charge in [0.05, 0.1) is 5.69 Å². The van der Waals surface area contributed by atoms with E-state index in [1.807, 2.05) is 11.6 Å². The summed E-state index contributed by atoms with van der Waals surface area (Å²) in [7, 11) is 0. The molecule has 0 saturated heterocycles. The molecule has 4 heteroatoms. The standard InChI is InChI=1S/C9H17N3.ClH/c1-6(2)12-8(4)9(5-10)7(3)11-12;/h6H,5,10H2,1-4H3;1H. The zero-order valence-corrected chi connectivity index (χ0v) is 9.48. The molecular formula is C9H18ClN3. The van der Waals surface area contributed by atoms with Crippen molar-refractivity contribution in [3.8, 4) is 0 Å². The van der Waals surface area contributed by atoms with E-state index in [-0.39, 0.29) is 12.4 Å². The van der Waals surface area contributed by atoms with Gasteiger partial charge in [0.2, 0.25) is 0 Å². The van der Waals surface area contributed by atoms with Gasteiger partial charge >= 0.3 is 0 Å². The van der Waals surface area contributed by atoms with Gasteiger partial charge in [0.15, 0.2) is 0 Å². The Bertz CT molecular complexity index is 279. The molecule has 0 atom stereocenters. The number of aryl methyl sites for hydroxylation is 1. The van der Waals surface area contributed by atoms with Gasteiger partial charge in [-0.2, -0.15) is 5.10 Å². The van der Waals surface area contributed by atoms with Gasteiger partial charge in [0, 0.05) is 23.8 Å². The summed E-state index contributed by atoms with van der Waals surface area (Å²) in [6.45, 7) is 8.92. The topological polar surface area (TPSA) is 43.8 Å². The van der Waals surface area contributed by atoms with E-state index in [0.717, 1.165) is 5.69 Å². The number of hydrogen-bond acceptors (Lipinski definition) is 2. The molecule has 1 aromatic heterocycles. The molecule has 1 heterocycles. The zero-order chi connectivity index (χ0) is 9.30. The van der Waals surface area contributed by atoms with Crippen LogP contribution in [0.25, 0.3) is 0 Å². The molecule has 76 valence electrons. The maximum atomic E-state index is 5.61. The lowest BCUT2D eigenvalue weighted by molar-refractivity contribution is 0.515. The van der Waals surface area contributed by atoms with Crippen LogP contribution in [0.4, 0.5) is 0 Å². The van der Waals surface area contributed by atoms with Gasteiger partial charge < -0.3 is 5.73 Å². The van der Waals surface area contributed by atoms with E-state index in [1.165, 1.54) is 11.3 Å². The largest absolute Gasteiger partial charge is 0.326 e. The van der Waals surface area contributed by atoms with Crippen LogP contribution < -0.4 is 5.73 Å². The first-order valence-electron chi connectivity index (χ1n) is 4.32. The SMILES string of the molecule is Cc1nn(C(C)C)c(C)c1CN.Cl. The summed E-state index contributed by atoms with van der Waals surface area (Å²) >= 11 is 0. The smallest absolute Gasteiger partial charge is 0.0641 e. The Balaban J connectivity index is 0.00000144. The van der Waals surface area contributed by atoms with E-state index in [0.29, 0.717) is 12.6 Å². The summed E-state index contributed by atoms with van der Waals surface area (Å²) in [4.78, 5) is 0. The van der Waals surface area contributed by atoms with Crippen molar-refractivity contribution in [3.05, 3.63) is 17.0 Å². The third-order valence-electron chi connectivity index (χ3n) is 2.17. The van der Waals surface area contributed by atoms with Crippen LogP contribution in [0.5, 0.6) is 0 Å². The molecule has 1 aromatic rings. The third kappa shape index (κ3) is 2.23. The summed E-state index contributed by atoms with van der Waals surface area (Å²) in [5, 5.41) is 4.42. The molecule has 0 fully saturated rings.